The van der Waals surface area contributed by atoms with Crippen molar-refractivity contribution in [2.45, 2.75) is 20.3 Å². The maximum atomic E-state index is 13.0. The topological polar surface area (TPSA) is 41.6 Å². The molecule has 100 valence electrons. The molecule has 0 aliphatic heterocycles. The molecule has 0 amide bonds. The smallest absolute Gasteiger partial charge is 0.191 e. The van der Waals surface area contributed by atoms with Crippen LogP contribution in [0.2, 0.25) is 0 Å². The van der Waals surface area contributed by atoms with Crippen molar-refractivity contribution in [2.24, 2.45) is 10.7 Å². The number of halogens is 2. The third-order valence-corrected chi connectivity index (χ3v) is 3.35. The van der Waals surface area contributed by atoms with Crippen molar-refractivity contribution in [1.29, 1.82) is 0 Å². The molecular formula is C13H19BrFN3. The molecule has 0 spiro atoms. The van der Waals surface area contributed by atoms with E-state index in [9.17, 15) is 4.39 Å². The first kappa shape index (κ1) is 15.0. The molecule has 0 fully saturated rings. The summed E-state index contributed by atoms with van der Waals surface area (Å²) >= 11 is 3.17. The lowest BCUT2D eigenvalue weighted by Crippen LogP contribution is -2.37. The molecule has 0 saturated carbocycles. The Morgan fingerprint density at radius 1 is 1.39 bits per heavy atom. The lowest BCUT2D eigenvalue weighted by molar-refractivity contribution is 0.458. The second-order valence-corrected chi connectivity index (χ2v) is 4.77. The SMILES string of the molecule is CCN(CC)C(N)=NCCc1ccc(F)c(Br)c1. The normalized spacial score (nSPS) is 11.7. The highest BCUT2D eigenvalue weighted by Gasteiger charge is 2.02. The number of nitrogens with two attached hydrogens (primary N) is 1. The predicted molar refractivity (Wildman–Crippen MR) is 77.2 cm³/mol. The largest absolute Gasteiger partial charge is 0.370 e. The van der Waals surface area contributed by atoms with Crippen molar-refractivity contribution in [1.82, 2.24) is 4.90 Å². The zero-order chi connectivity index (χ0) is 13.5. The molecule has 1 aromatic rings. The summed E-state index contributed by atoms with van der Waals surface area (Å²) in [6.45, 7) is 6.41. The van der Waals surface area contributed by atoms with Crippen LogP contribution in [0.3, 0.4) is 0 Å². The van der Waals surface area contributed by atoms with Crippen LogP contribution in [0.25, 0.3) is 0 Å². The van der Waals surface area contributed by atoms with Crippen LogP contribution in [0, 0.1) is 5.82 Å². The summed E-state index contributed by atoms with van der Waals surface area (Å²) in [6, 6.07) is 5.00. The first-order valence-electron chi connectivity index (χ1n) is 6.07. The summed E-state index contributed by atoms with van der Waals surface area (Å²) in [5.41, 5.74) is 6.90. The second-order valence-electron chi connectivity index (χ2n) is 3.91. The molecule has 0 bridgehead atoms. The van der Waals surface area contributed by atoms with E-state index >= 15 is 0 Å². The van der Waals surface area contributed by atoms with Crippen molar-refractivity contribution < 1.29 is 4.39 Å². The summed E-state index contributed by atoms with van der Waals surface area (Å²) in [7, 11) is 0. The van der Waals surface area contributed by atoms with E-state index < -0.39 is 0 Å². The molecule has 2 N–H and O–H groups in total. The summed E-state index contributed by atoms with van der Waals surface area (Å²) < 4.78 is 13.5. The van der Waals surface area contributed by atoms with Gasteiger partial charge < -0.3 is 10.6 Å². The number of benzene rings is 1. The van der Waals surface area contributed by atoms with Crippen molar-refractivity contribution in [3.8, 4) is 0 Å². The molecule has 0 aromatic heterocycles. The minimum Gasteiger partial charge on any atom is -0.370 e. The van der Waals surface area contributed by atoms with Gasteiger partial charge in [0.2, 0.25) is 0 Å². The van der Waals surface area contributed by atoms with Gasteiger partial charge >= 0.3 is 0 Å². The van der Waals surface area contributed by atoms with Crippen LogP contribution in [0.4, 0.5) is 4.39 Å². The monoisotopic (exact) mass is 315 g/mol. The van der Waals surface area contributed by atoms with E-state index in [2.05, 4.69) is 20.9 Å². The predicted octanol–water partition coefficient (Wildman–Crippen LogP) is 2.79. The Balaban J connectivity index is 2.55. The van der Waals surface area contributed by atoms with Gasteiger partial charge in [-0.1, -0.05) is 6.07 Å². The van der Waals surface area contributed by atoms with Gasteiger partial charge in [0.1, 0.15) is 5.82 Å². The molecule has 1 aromatic carbocycles. The number of rotatable bonds is 5. The number of guanidine groups is 1. The highest BCUT2D eigenvalue weighted by molar-refractivity contribution is 9.10. The second kappa shape index (κ2) is 7.36. The molecule has 1 rings (SSSR count). The van der Waals surface area contributed by atoms with Gasteiger partial charge in [-0.2, -0.15) is 0 Å². The zero-order valence-electron chi connectivity index (χ0n) is 10.8. The molecule has 0 unspecified atom stereocenters. The lowest BCUT2D eigenvalue weighted by atomic mass is 10.1. The molecule has 0 aliphatic rings. The number of nitrogens with zero attached hydrogens (tertiary/aromatic N) is 2. The number of hydrogen-bond acceptors (Lipinski definition) is 1. The zero-order valence-corrected chi connectivity index (χ0v) is 12.4. The molecule has 0 aliphatic carbocycles. The summed E-state index contributed by atoms with van der Waals surface area (Å²) in [4.78, 5) is 6.33. The van der Waals surface area contributed by atoms with Crippen LogP contribution in [-0.4, -0.2) is 30.5 Å². The van der Waals surface area contributed by atoms with Gasteiger partial charge in [0, 0.05) is 19.6 Å². The first-order valence-corrected chi connectivity index (χ1v) is 6.86. The van der Waals surface area contributed by atoms with E-state index in [1.165, 1.54) is 6.07 Å². The summed E-state index contributed by atoms with van der Waals surface area (Å²) in [5, 5.41) is 0. The van der Waals surface area contributed by atoms with Crippen LogP contribution in [0.5, 0.6) is 0 Å². The standard InChI is InChI=1S/C13H19BrFN3/c1-3-18(4-2)13(16)17-8-7-10-5-6-12(15)11(14)9-10/h5-6,9H,3-4,7-8H2,1-2H3,(H2,16,17). The van der Waals surface area contributed by atoms with Gasteiger partial charge in [-0.3, -0.25) is 4.99 Å². The Labute approximate surface area is 116 Å². The summed E-state index contributed by atoms with van der Waals surface area (Å²) in [6.07, 6.45) is 0.751. The van der Waals surface area contributed by atoms with E-state index in [-0.39, 0.29) is 5.82 Å². The van der Waals surface area contributed by atoms with Crippen LogP contribution in [0.1, 0.15) is 19.4 Å². The van der Waals surface area contributed by atoms with Gasteiger partial charge in [0.25, 0.3) is 0 Å². The molecular weight excluding hydrogens is 297 g/mol. The molecule has 0 atom stereocenters. The highest BCUT2D eigenvalue weighted by atomic mass is 79.9. The first-order chi connectivity index (χ1) is 8.58. The maximum Gasteiger partial charge on any atom is 0.191 e. The van der Waals surface area contributed by atoms with E-state index in [1.54, 1.807) is 12.1 Å². The Hall–Kier alpha value is -1.10. The molecule has 18 heavy (non-hydrogen) atoms. The number of aliphatic imine (C=N–C) groups is 1. The fourth-order valence-corrected chi connectivity index (χ4v) is 2.07. The van der Waals surface area contributed by atoms with Crippen molar-refractivity contribution in [3.63, 3.8) is 0 Å². The van der Waals surface area contributed by atoms with Gasteiger partial charge in [-0.05, 0) is 53.9 Å². The van der Waals surface area contributed by atoms with Gasteiger partial charge in [0.15, 0.2) is 5.96 Å². The van der Waals surface area contributed by atoms with Crippen LogP contribution >= 0.6 is 15.9 Å². The third kappa shape index (κ3) is 4.29. The van der Waals surface area contributed by atoms with Gasteiger partial charge in [-0.15, -0.1) is 0 Å². The van der Waals surface area contributed by atoms with Crippen LogP contribution < -0.4 is 5.73 Å². The molecule has 0 heterocycles. The fraction of sp³-hybridized carbons (Fsp3) is 0.462. The Bertz CT molecular complexity index is 417. The quantitative estimate of drug-likeness (QED) is 0.670. The average molecular weight is 316 g/mol. The van der Waals surface area contributed by atoms with E-state index in [0.717, 1.165) is 25.1 Å². The van der Waals surface area contributed by atoms with E-state index in [1.807, 2.05) is 18.7 Å². The molecule has 3 nitrogen and oxygen atoms in total. The Morgan fingerprint density at radius 2 is 2.06 bits per heavy atom. The fourth-order valence-electron chi connectivity index (χ4n) is 1.64. The molecule has 5 heteroatoms. The van der Waals surface area contributed by atoms with Gasteiger partial charge in [-0.25, -0.2) is 4.39 Å². The minimum atomic E-state index is -0.245. The molecule has 0 saturated heterocycles. The number of hydrogen-bond donors (Lipinski definition) is 1. The molecule has 0 radical (unpaired) electrons. The lowest BCUT2D eigenvalue weighted by Gasteiger charge is -2.19. The third-order valence-electron chi connectivity index (χ3n) is 2.75. The van der Waals surface area contributed by atoms with Crippen molar-refractivity contribution in [3.05, 3.63) is 34.1 Å². The Kier molecular flexibility index (Phi) is 6.12. The maximum absolute atomic E-state index is 13.0. The van der Waals surface area contributed by atoms with E-state index in [0.29, 0.717) is 17.0 Å². The summed E-state index contributed by atoms with van der Waals surface area (Å²) in [5.74, 6) is 0.325. The average Bonchev–Trinajstić information content (AvgIpc) is 2.35. The van der Waals surface area contributed by atoms with Crippen molar-refractivity contribution >= 4 is 21.9 Å². The van der Waals surface area contributed by atoms with Crippen LogP contribution in [0.15, 0.2) is 27.7 Å². The minimum absolute atomic E-state index is 0.245. The van der Waals surface area contributed by atoms with Crippen LogP contribution in [-0.2, 0) is 6.42 Å². The van der Waals surface area contributed by atoms with Gasteiger partial charge in [0.05, 0.1) is 4.47 Å². The Morgan fingerprint density at radius 3 is 2.61 bits per heavy atom. The van der Waals surface area contributed by atoms with Crippen molar-refractivity contribution in [2.75, 3.05) is 19.6 Å². The highest BCUT2D eigenvalue weighted by Crippen LogP contribution is 2.17. The van der Waals surface area contributed by atoms with E-state index in [4.69, 9.17) is 5.73 Å².